The number of benzene rings is 3. The molecule has 2 aromatic heterocycles. The molecule has 0 atom stereocenters. The molecule has 0 aliphatic heterocycles. The van der Waals surface area contributed by atoms with Crippen molar-refractivity contribution in [3.05, 3.63) is 115 Å². The van der Waals surface area contributed by atoms with Crippen LogP contribution in [0.5, 0.6) is 0 Å². The van der Waals surface area contributed by atoms with E-state index in [1.807, 2.05) is 72.8 Å². The molecule has 0 aliphatic carbocycles. The Hall–Kier alpha value is -5.04. The largest absolute Gasteiger partial charge is 0.356 e. The first-order valence-corrected chi connectivity index (χ1v) is 11.4. The zero-order valence-corrected chi connectivity index (χ0v) is 19.5. The smallest absolute Gasteiger partial charge is 0.274 e. The number of aromatic nitrogens is 2. The van der Waals surface area contributed by atoms with Gasteiger partial charge in [0.25, 0.3) is 5.91 Å². The van der Waals surface area contributed by atoms with E-state index >= 15 is 0 Å². The zero-order valence-electron chi connectivity index (χ0n) is 19.5. The van der Waals surface area contributed by atoms with Crippen LogP contribution in [0.25, 0.3) is 10.9 Å². The fourth-order valence-corrected chi connectivity index (χ4v) is 3.75. The van der Waals surface area contributed by atoms with Gasteiger partial charge in [0.2, 0.25) is 0 Å². The van der Waals surface area contributed by atoms with E-state index < -0.39 is 0 Å². The Morgan fingerprint density at radius 3 is 2.14 bits per heavy atom. The first-order valence-electron chi connectivity index (χ1n) is 11.4. The lowest BCUT2D eigenvalue weighted by atomic mass is 10.1. The predicted molar refractivity (Wildman–Crippen MR) is 143 cm³/mol. The number of anilines is 5. The van der Waals surface area contributed by atoms with Gasteiger partial charge in [0.15, 0.2) is 5.78 Å². The fourth-order valence-electron chi connectivity index (χ4n) is 3.75. The van der Waals surface area contributed by atoms with Crippen molar-refractivity contribution in [2.24, 2.45) is 0 Å². The number of hydrogen-bond donors (Lipinski definition) is 3. The molecule has 3 N–H and O–H groups in total. The van der Waals surface area contributed by atoms with Crippen LogP contribution in [0.2, 0.25) is 0 Å². The van der Waals surface area contributed by atoms with Crippen LogP contribution in [-0.4, -0.2) is 21.7 Å². The topological polar surface area (TPSA) is 96.0 Å². The third kappa shape index (κ3) is 5.20. The van der Waals surface area contributed by atoms with Gasteiger partial charge in [-0.3, -0.25) is 14.6 Å². The van der Waals surface area contributed by atoms with Crippen molar-refractivity contribution in [1.29, 1.82) is 0 Å². The second kappa shape index (κ2) is 10.1. The molecule has 7 nitrogen and oxygen atoms in total. The van der Waals surface area contributed by atoms with Gasteiger partial charge in [-0.2, -0.15) is 0 Å². The Balaban J connectivity index is 1.25. The number of carbonyl (C=O) groups excluding carboxylic acids is 2. The van der Waals surface area contributed by atoms with Crippen LogP contribution in [0.3, 0.4) is 0 Å². The standard InChI is InChI=1S/C29H23N5O2/c1-19(35)20-7-13-26-25(17-20)27(15-16-30-26)33-24-12-14-28(31-18-24)29(36)34-23-10-8-22(9-11-23)32-21-5-3-2-4-6-21/h2-18,32H,1H3,(H,30,33)(H,34,36). The van der Waals surface area contributed by atoms with Crippen molar-refractivity contribution >= 4 is 51.0 Å². The Labute approximate surface area is 208 Å². The van der Waals surface area contributed by atoms with Gasteiger partial charge in [0.05, 0.1) is 17.4 Å². The molecular weight excluding hydrogens is 450 g/mol. The van der Waals surface area contributed by atoms with E-state index in [4.69, 9.17) is 0 Å². The number of nitrogens with one attached hydrogen (secondary N) is 3. The van der Waals surface area contributed by atoms with Crippen molar-refractivity contribution in [2.75, 3.05) is 16.0 Å². The van der Waals surface area contributed by atoms with Gasteiger partial charge < -0.3 is 16.0 Å². The average Bonchev–Trinajstić information content (AvgIpc) is 2.91. The lowest BCUT2D eigenvalue weighted by molar-refractivity contribution is 0.101. The predicted octanol–water partition coefficient (Wildman–Crippen LogP) is 6.57. The van der Waals surface area contributed by atoms with E-state index in [1.165, 1.54) is 6.92 Å². The molecular formula is C29H23N5O2. The van der Waals surface area contributed by atoms with E-state index in [9.17, 15) is 9.59 Å². The molecule has 36 heavy (non-hydrogen) atoms. The highest BCUT2D eigenvalue weighted by Gasteiger charge is 2.10. The van der Waals surface area contributed by atoms with Gasteiger partial charge in [0, 0.05) is 39.9 Å². The minimum absolute atomic E-state index is 0.00849. The van der Waals surface area contributed by atoms with Crippen LogP contribution in [0.15, 0.2) is 103 Å². The molecule has 0 radical (unpaired) electrons. The number of para-hydroxylation sites is 1. The maximum absolute atomic E-state index is 12.7. The molecule has 0 bridgehead atoms. The van der Waals surface area contributed by atoms with E-state index in [1.54, 1.807) is 30.6 Å². The highest BCUT2D eigenvalue weighted by Crippen LogP contribution is 2.26. The number of nitrogens with zero attached hydrogens (tertiary/aromatic N) is 2. The molecule has 0 saturated carbocycles. The van der Waals surface area contributed by atoms with Gasteiger partial charge in [-0.15, -0.1) is 0 Å². The number of carbonyl (C=O) groups is 2. The number of amides is 1. The Kier molecular flexibility index (Phi) is 6.36. The second-order valence-electron chi connectivity index (χ2n) is 8.23. The Bertz CT molecular complexity index is 1530. The van der Waals surface area contributed by atoms with Crippen LogP contribution < -0.4 is 16.0 Å². The molecule has 5 aromatic rings. The number of rotatable bonds is 7. The molecule has 0 fully saturated rings. The van der Waals surface area contributed by atoms with Crippen molar-refractivity contribution < 1.29 is 9.59 Å². The summed E-state index contributed by atoms with van der Waals surface area (Å²) in [5.74, 6) is -0.309. The first kappa shape index (κ1) is 22.7. The molecule has 3 aromatic carbocycles. The summed E-state index contributed by atoms with van der Waals surface area (Å²) in [4.78, 5) is 33.2. The summed E-state index contributed by atoms with van der Waals surface area (Å²) in [7, 11) is 0. The van der Waals surface area contributed by atoms with Crippen LogP contribution in [0.1, 0.15) is 27.8 Å². The van der Waals surface area contributed by atoms with E-state index in [0.29, 0.717) is 22.6 Å². The summed E-state index contributed by atoms with van der Waals surface area (Å²) < 4.78 is 0. The van der Waals surface area contributed by atoms with Crippen molar-refractivity contribution in [3.63, 3.8) is 0 Å². The highest BCUT2D eigenvalue weighted by atomic mass is 16.2. The van der Waals surface area contributed by atoms with Crippen molar-refractivity contribution in [1.82, 2.24) is 9.97 Å². The van der Waals surface area contributed by atoms with E-state index in [0.717, 1.165) is 28.0 Å². The van der Waals surface area contributed by atoms with Gasteiger partial charge in [0.1, 0.15) is 5.69 Å². The lowest BCUT2D eigenvalue weighted by Crippen LogP contribution is -2.13. The third-order valence-corrected chi connectivity index (χ3v) is 5.63. The maximum atomic E-state index is 12.7. The number of ketones is 1. The molecule has 0 saturated heterocycles. The van der Waals surface area contributed by atoms with Crippen LogP contribution >= 0.6 is 0 Å². The quantitative estimate of drug-likeness (QED) is 0.231. The summed E-state index contributed by atoms with van der Waals surface area (Å²) >= 11 is 0. The normalized spacial score (nSPS) is 10.6. The molecule has 0 aliphatic rings. The van der Waals surface area contributed by atoms with Gasteiger partial charge in [-0.25, -0.2) is 4.98 Å². The van der Waals surface area contributed by atoms with Crippen molar-refractivity contribution in [3.8, 4) is 0 Å². The minimum atomic E-state index is -0.300. The number of Topliss-reactive ketones (excluding diaryl/α,β-unsaturated/α-hetero) is 1. The summed E-state index contributed by atoms with van der Waals surface area (Å²) in [5.41, 5.74) is 5.79. The summed E-state index contributed by atoms with van der Waals surface area (Å²) in [6, 6.07) is 28.0. The number of fused-ring (bicyclic) bond motifs is 1. The summed E-state index contributed by atoms with van der Waals surface area (Å²) in [5, 5.41) is 10.3. The van der Waals surface area contributed by atoms with Gasteiger partial charge in [-0.1, -0.05) is 18.2 Å². The SMILES string of the molecule is CC(=O)c1ccc2nccc(Nc3ccc(C(=O)Nc4ccc(Nc5ccccc5)cc4)nc3)c2c1. The fraction of sp³-hybridized carbons (Fsp3) is 0.0345. The van der Waals surface area contributed by atoms with Crippen LogP contribution in [0.4, 0.5) is 28.4 Å². The molecule has 176 valence electrons. The van der Waals surface area contributed by atoms with E-state index in [-0.39, 0.29) is 11.7 Å². The monoisotopic (exact) mass is 473 g/mol. The molecule has 0 unspecified atom stereocenters. The van der Waals surface area contributed by atoms with Crippen molar-refractivity contribution in [2.45, 2.75) is 6.92 Å². The van der Waals surface area contributed by atoms with Crippen LogP contribution in [-0.2, 0) is 0 Å². The third-order valence-electron chi connectivity index (χ3n) is 5.63. The summed E-state index contributed by atoms with van der Waals surface area (Å²) in [6.07, 6.45) is 3.30. The number of hydrogen-bond acceptors (Lipinski definition) is 6. The molecule has 5 rings (SSSR count). The van der Waals surface area contributed by atoms with Gasteiger partial charge >= 0.3 is 0 Å². The molecule has 7 heteroatoms. The highest BCUT2D eigenvalue weighted by molar-refractivity contribution is 6.03. The Morgan fingerprint density at radius 1 is 0.694 bits per heavy atom. The first-order chi connectivity index (χ1) is 17.5. The molecule has 1 amide bonds. The number of pyridine rings is 2. The second-order valence-corrected chi connectivity index (χ2v) is 8.23. The van der Waals surface area contributed by atoms with Crippen LogP contribution in [0, 0.1) is 0 Å². The molecule has 2 heterocycles. The zero-order chi connectivity index (χ0) is 24.9. The summed E-state index contributed by atoms with van der Waals surface area (Å²) in [6.45, 7) is 1.54. The van der Waals surface area contributed by atoms with E-state index in [2.05, 4.69) is 25.9 Å². The molecule has 0 spiro atoms. The average molecular weight is 474 g/mol. The Morgan fingerprint density at radius 2 is 1.42 bits per heavy atom. The maximum Gasteiger partial charge on any atom is 0.274 e. The van der Waals surface area contributed by atoms with Gasteiger partial charge in [-0.05, 0) is 79.7 Å². The lowest BCUT2D eigenvalue weighted by Gasteiger charge is -2.11. The minimum Gasteiger partial charge on any atom is -0.356 e.